The van der Waals surface area contributed by atoms with Crippen LogP contribution in [0.5, 0.6) is 0 Å². The van der Waals surface area contributed by atoms with Gasteiger partial charge in [-0.3, -0.25) is 0 Å². The molecule has 1 aliphatic heterocycles. The molecule has 0 amide bonds. The van der Waals surface area contributed by atoms with Crippen LogP contribution in [0.25, 0.3) is 0 Å². The first-order chi connectivity index (χ1) is 6.70. The van der Waals surface area contributed by atoms with Crippen LogP contribution >= 0.6 is 0 Å². The van der Waals surface area contributed by atoms with Gasteiger partial charge in [0.2, 0.25) is 0 Å². The third-order valence-electron chi connectivity index (χ3n) is 4.18. The molecule has 1 aliphatic carbocycles. The van der Waals surface area contributed by atoms with E-state index in [-0.39, 0.29) is 0 Å². The van der Waals surface area contributed by atoms with Crippen molar-refractivity contribution in [3.63, 3.8) is 0 Å². The van der Waals surface area contributed by atoms with Gasteiger partial charge in [-0.15, -0.1) is 0 Å². The topological polar surface area (TPSA) is 24.1 Å². The predicted octanol–water partition coefficient (Wildman–Crippen LogP) is 1.76. The minimum atomic E-state index is 0.461. The van der Waals surface area contributed by atoms with Crippen LogP contribution in [0.4, 0.5) is 0 Å². The van der Waals surface area contributed by atoms with E-state index in [4.69, 9.17) is 0 Å². The van der Waals surface area contributed by atoms with Crippen LogP contribution in [0.15, 0.2) is 0 Å². The van der Waals surface area contributed by atoms with Crippen molar-refractivity contribution in [3.8, 4) is 0 Å². The second kappa shape index (κ2) is 4.19. The van der Waals surface area contributed by atoms with E-state index in [9.17, 15) is 0 Å². The van der Waals surface area contributed by atoms with Gasteiger partial charge in [-0.2, -0.15) is 0 Å². The zero-order valence-electron chi connectivity index (χ0n) is 9.60. The van der Waals surface area contributed by atoms with Crippen molar-refractivity contribution < 1.29 is 0 Å². The Bertz CT molecular complexity index is 185. The highest BCUT2D eigenvalue weighted by Crippen LogP contribution is 2.29. The van der Waals surface area contributed by atoms with Gasteiger partial charge in [-0.25, -0.2) is 0 Å². The first kappa shape index (κ1) is 10.4. The van der Waals surface area contributed by atoms with Gasteiger partial charge in [-0.05, 0) is 51.2 Å². The van der Waals surface area contributed by atoms with Crippen LogP contribution in [0.2, 0.25) is 0 Å². The molecule has 0 aromatic heterocycles. The van der Waals surface area contributed by atoms with Crippen molar-refractivity contribution in [3.05, 3.63) is 0 Å². The SMILES string of the molecule is CC1CNCC1CNC1(C)CCCC1. The minimum Gasteiger partial charge on any atom is -0.316 e. The fourth-order valence-electron chi connectivity index (χ4n) is 2.85. The molecule has 1 heterocycles. The summed E-state index contributed by atoms with van der Waals surface area (Å²) in [6.07, 6.45) is 5.59. The van der Waals surface area contributed by atoms with Gasteiger partial charge in [-0.1, -0.05) is 19.8 Å². The van der Waals surface area contributed by atoms with Crippen LogP contribution in [0.1, 0.15) is 39.5 Å². The smallest absolute Gasteiger partial charge is 0.0153 e. The van der Waals surface area contributed by atoms with Crippen molar-refractivity contribution in [2.45, 2.75) is 45.1 Å². The zero-order valence-corrected chi connectivity index (χ0v) is 9.60. The number of hydrogen-bond donors (Lipinski definition) is 2. The van der Waals surface area contributed by atoms with E-state index in [1.54, 1.807) is 0 Å². The molecule has 2 nitrogen and oxygen atoms in total. The summed E-state index contributed by atoms with van der Waals surface area (Å²) in [5, 5.41) is 7.26. The maximum atomic E-state index is 3.79. The largest absolute Gasteiger partial charge is 0.316 e. The average Bonchev–Trinajstić information content (AvgIpc) is 2.73. The van der Waals surface area contributed by atoms with Crippen molar-refractivity contribution in [2.24, 2.45) is 11.8 Å². The monoisotopic (exact) mass is 196 g/mol. The second-order valence-corrected chi connectivity index (χ2v) is 5.54. The fourth-order valence-corrected chi connectivity index (χ4v) is 2.85. The van der Waals surface area contributed by atoms with Crippen molar-refractivity contribution in [1.29, 1.82) is 0 Å². The lowest BCUT2D eigenvalue weighted by Gasteiger charge is -2.28. The first-order valence-corrected chi connectivity index (χ1v) is 6.15. The second-order valence-electron chi connectivity index (χ2n) is 5.54. The molecule has 0 radical (unpaired) electrons. The summed E-state index contributed by atoms with van der Waals surface area (Å²) < 4.78 is 0. The lowest BCUT2D eigenvalue weighted by molar-refractivity contribution is 0.313. The Hall–Kier alpha value is -0.0800. The molecular weight excluding hydrogens is 172 g/mol. The van der Waals surface area contributed by atoms with Gasteiger partial charge in [0.05, 0.1) is 0 Å². The van der Waals surface area contributed by atoms with Gasteiger partial charge < -0.3 is 10.6 Å². The van der Waals surface area contributed by atoms with Gasteiger partial charge in [0.1, 0.15) is 0 Å². The molecule has 82 valence electrons. The summed E-state index contributed by atoms with van der Waals surface area (Å²) >= 11 is 0. The van der Waals surface area contributed by atoms with Gasteiger partial charge in [0.25, 0.3) is 0 Å². The summed E-state index contributed by atoms with van der Waals surface area (Å²) in [7, 11) is 0. The summed E-state index contributed by atoms with van der Waals surface area (Å²) in [4.78, 5) is 0. The number of nitrogens with one attached hydrogen (secondary N) is 2. The van der Waals surface area contributed by atoms with Crippen molar-refractivity contribution in [1.82, 2.24) is 10.6 Å². The molecule has 14 heavy (non-hydrogen) atoms. The van der Waals surface area contributed by atoms with E-state index in [1.807, 2.05) is 0 Å². The zero-order chi connectivity index (χ0) is 10.0. The lowest BCUT2D eigenvalue weighted by atomic mass is 9.95. The molecular formula is C12H24N2. The van der Waals surface area contributed by atoms with Gasteiger partial charge in [0, 0.05) is 5.54 Å². The van der Waals surface area contributed by atoms with E-state index in [0.29, 0.717) is 5.54 Å². The maximum absolute atomic E-state index is 3.79. The molecule has 2 N–H and O–H groups in total. The summed E-state index contributed by atoms with van der Waals surface area (Å²) in [6.45, 7) is 8.40. The molecule has 2 unspecified atom stereocenters. The van der Waals surface area contributed by atoms with E-state index < -0.39 is 0 Å². The van der Waals surface area contributed by atoms with Gasteiger partial charge >= 0.3 is 0 Å². The highest BCUT2D eigenvalue weighted by atomic mass is 15.0. The van der Waals surface area contributed by atoms with E-state index >= 15 is 0 Å². The van der Waals surface area contributed by atoms with E-state index in [0.717, 1.165) is 11.8 Å². The highest BCUT2D eigenvalue weighted by Gasteiger charge is 2.30. The highest BCUT2D eigenvalue weighted by molar-refractivity contribution is 4.90. The Morgan fingerprint density at radius 2 is 2.00 bits per heavy atom. The van der Waals surface area contributed by atoms with Crippen molar-refractivity contribution >= 4 is 0 Å². The van der Waals surface area contributed by atoms with Crippen LogP contribution in [-0.2, 0) is 0 Å². The third kappa shape index (κ3) is 2.29. The Labute approximate surface area is 87.8 Å². The fraction of sp³-hybridized carbons (Fsp3) is 1.00. The standard InChI is InChI=1S/C12H24N2/c1-10-7-13-8-11(10)9-14-12(2)5-3-4-6-12/h10-11,13-14H,3-9H2,1-2H3. The lowest BCUT2D eigenvalue weighted by Crippen LogP contribution is -2.43. The first-order valence-electron chi connectivity index (χ1n) is 6.15. The quantitative estimate of drug-likeness (QED) is 0.719. The van der Waals surface area contributed by atoms with Crippen LogP contribution in [0, 0.1) is 11.8 Å². The summed E-state index contributed by atoms with van der Waals surface area (Å²) in [5.74, 6) is 1.71. The minimum absolute atomic E-state index is 0.461. The van der Waals surface area contributed by atoms with Gasteiger partial charge in [0.15, 0.2) is 0 Å². The number of hydrogen-bond acceptors (Lipinski definition) is 2. The molecule has 1 saturated carbocycles. The molecule has 0 bridgehead atoms. The molecule has 2 heteroatoms. The molecule has 1 saturated heterocycles. The molecule has 0 spiro atoms. The third-order valence-corrected chi connectivity index (χ3v) is 4.18. The summed E-state index contributed by atoms with van der Waals surface area (Å²) in [5.41, 5.74) is 0.461. The predicted molar refractivity (Wildman–Crippen MR) is 60.4 cm³/mol. The molecule has 0 aromatic rings. The molecule has 2 fully saturated rings. The Kier molecular flexibility index (Phi) is 3.13. The van der Waals surface area contributed by atoms with Crippen LogP contribution in [-0.4, -0.2) is 25.2 Å². The average molecular weight is 196 g/mol. The molecule has 2 atom stereocenters. The molecule has 2 aliphatic rings. The van der Waals surface area contributed by atoms with Crippen LogP contribution in [0.3, 0.4) is 0 Å². The van der Waals surface area contributed by atoms with E-state index in [1.165, 1.54) is 45.3 Å². The van der Waals surface area contributed by atoms with E-state index in [2.05, 4.69) is 24.5 Å². The number of rotatable bonds is 3. The molecule has 2 rings (SSSR count). The Morgan fingerprint density at radius 1 is 1.29 bits per heavy atom. The van der Waals surface area contributed by atoms with Crippen molar-refractivity contribution in [2.75, 3.05) is 19.6 Å². The Balaban J connectivity index is 1.75. The molecule has 0 aromatic carbocycles. The Morgan fingerprint density at radius 3 is 2.57 bits per heavy atom. The maximum Gasteiger partial charge on any atom is 0.0153 e. The van der Waals surface area contributed by atoms with Crippen LogP contribution < -0.4 is 10.6 Å². The summed E-state index contributed by atoms with van der Waals surface area (Å²) in [6, 6.07) is 0. The normalized spacial score (nSPS) is 36.4.